The normalized spacial score (nSPS) is 17.2. The number of aliphatic imine (C=N–C) groups is 1. The summed E-state index contributed by atoms with van der Waals surface area (Å²) in [5.41, 5.74) is 7.98. The lowest BCUT2D eigenvalue weighted by Gasteiger charge is -2.27. The van der Waals surface area contributed by atoms with E-state index >= 15 is 0 Å². The molecule has 17 heavy (non-hydrogen) atoms. The van der Waals surface area contributed by atoms with Crippen LogP contribution in [-0.2, 0) is 6.54 Å². The minimum absolute atomic E-state index is 0.573. The zero-order valence-electron chi connectivity index (χ0n) is 10.4. The average Bonchev–Trinajstić information content (AvgIpc) is 2.37. The summed E-state index contributed by atoms with van der Waals surface area (Å²) in [6.07, 6.45) is 3.75. The Hall–Kier alpha value is -1.58. The third-order valence-corrected chi connectivity index (χ3v) is 3.03. The Labute approximate surface area is 103 Å². The Morgan fingerprint density at radius 2 is 2.12 bits per heavy atom. The minimum atomic E-state index is 0.573. The van der Waals surface area contributed by atoms with Gasteiger partial charge in [-0.25, -0.2) is 4.99 Å². The van der Waals surface area contributed by atoms with Crippen LogP contribution < -0.4 is 5.73 Å². The predicted molar refractivity (Wildman–Crippen MR) is 69.7 cm³/mol. The molecule has 0 aliphatic carbocycles. The van der Waals surface area contributed by atoms with Gasteiger partial charge in [0.25, 0.3) is 0 Å². The Bertz CT molecular complexity index is 394. The first-order valence-electron chi connectivity index (χ1n) is 6.23. The molecule has 1 fully saturated rings. The first-order chi connectivity index (χ1) is 8.25. The Balaban J connectivity index is 1.95. The summed E-state index contributed by atoms with van der Waals surface area (Å²) in [4.78, 5) is 11.0. The molecular formula is C13H20N4. The number of aryl methyl sites for hydroxylation is 1. The van der Waals surface area contributed by atoms with Crippen LogP contribution >= 0.6 is 0 Å². The molecule has 1 aromatic heterocycles. The van der Waals surface area contributed by atoms with Crippen molar-refractivity contribution in [2.45, 2.75) is 32.7 Å². The summed E-state index contributed by atoms with van der Waals surface area (Å²) in [5.74, 6) is 0.660. The molecule has 0 spiro atoms. The lowest BCUT2D eigenvalue weighted by molar-refractivity contribution is 0.338. The van der Waals surface area contributed by atoms with Crippen LogP contribution in [0.5, 0.6) is 0 Å². The predicted octanol–water partition coefficient (Wildman–Crippen LogP) is 1.69. The number of hydrogen-bond acceptors (Lipinski definition) is 2. The van der Waals surface area contributed by atoms with Crippen LogP contribution in [0.4, 0.5) is 0 Å². The molecule has 0 aromatic carbocycles. The van der Waals surface area contributed by atoms with E-state index in [0.29, 0.717) is 12.5 Å². The first kappa shape index (κ1) is 11.9. The third-order valence-electron chi connectivity index (χ3n) is 3.03. The van der Waals surface area contributed by atoms with Crippen molar-refractivity contribution in [3.05, 3.63) is 29.6 Å². The van der Waals surface area contributed by atoms with E-state index in [-0.39, 0.29) is 0 Å². The standard InChI is InChI=1S/C13H20N4/c1-11-6-5-7-12(16-11)10-15-13(14)17-8-3-2-4-9-17/h5-7H,2-4,8-10H2,1H3,(H2,14,15). The Morgan fingerprint density at radius 1 is 1.35 bits per heavy atom. The van der Waals surface area contributed by atoms with Gasteiger partial charge >= 0.3 is 0 Å². The highest BCUT2D eigenvalue weighted by atomic mass is 15.2. The number of guanidine groups is 1. The number of nitrogens with zero attached hydrogens (tertiary/aromatic N) is 3. The quantitative estimate of drug-likeness (QED) is 0.623. The van der Waals surface area contributed by atoms with Gasteiger partial charge in [-0.3, -0.25) is 4.98 Å². The van der Waals surface area contributed by atoms with E-state index in [1.807, 2.05) is 25.1 Å². The van der Waals surface area contributed by atoms with Crippen LogP contribution in [0, 0.1) is 6.92 Å². The second-order valence-corrected chi connectivity index (χ2v) is 4.49. The Kier molecular flexibility index (Phi) is 3.96. The van der Waals surface area contributed by atoms with Gasteiger partial charge in [-0.1, -0.05) is 6.07 Å². The SMILES string of the molecule is Cc1cccc(CN=C(N)N2CCCCC2)n1. The molecule has 1 aliphatic rings. The highest BCUT2D eigenvalue weighted by Gasteiger charge is 2.11. The van der Waals surface area contributed by atoms with E-state index in [2.05, 4.69) is 14.9 Å². The highest BCUT2D eigenvalue weighted by Crippen LogP contribution is 2.08. The molecule has 4 nitrogen and oxygen atoms in total. The maximum absolute atomic E-state index is 5.98. The van der Waals surface area contributed by atoms with E-state index in [4.69, 9.17) is 5.73 Å². The van der Waals surface area contributed by atoms with Gasteiger partial charge in [-0.2, -0.15) is 0 Å². The summed E-state index contributed by atoms with van der Waals surface area (Å²) in [5, 5.41) is 0. The number of likely N-dealkylation sites (tertiary alicyclic amines) is 1. The summed E-state index contributed by atoms with van der Waals surface area (Å²) in [6, 6.07) is 5.98. The van der Waals surface area contributed by atoms with Gasteiger partial charge in [0.2, 0.25) is 0 Å². The zero-order chi connectivity index (χ0) is 12.1. The summed E-state index contributed by atoms with van der Waals surface area (Å²) < 4.78 is 0. The molecule has 0 radical (unpaired) electrons. The number of aromatic nitrogens is 1. The van der Waals surface area contributed by atoms with Crippen LogP contribution in [-0.4, -0.2) is 28.9 Å². The molecule has 1 saturated heterocycles. The van der Waals surface area contributed by atoms with Crippen molar-refractivity contribution in [3.8, 4) is 0 Å². The number of rotatable bonds is 2. The zero-order valence-corrected chi connectivity index (χ0v) is 10.4. The summed E-state index contributed by atoms with van der Waals surface area (Å²) >= 11 is 0. The summed E-state index contributed by atoms with van der Waals surface area (Å²) in [6.45, 7) is 4.64. The van der Waals surface area contributed by atoms with E-state index in [0.717, 1.165) is 24.5 Å². The molecule has 92 valence electrons. The molecule has 0 amide bonds. The summed E-state index contributed by atoms with van der Waals surface area (Å²) in [7, 11) is 0. The van der Waals surface area contributed by atoms with Crippen molar-refractivity contribution in [2.24, 2.45) is 10.7 Å². The van der Waals surface area contributed by atoms with Crippen molar-refractivity contribution < 1.29 is 0 Å². The van der Waals surface area contributed by atoms with Crippen molar-refractivity contribution in [1.29, 1.82) is 0 Å². The van der Waals surface area contributed by atoms with Crippen LogP contribution in [0.15, 0.2) is 23.2 Å². The van der Waals surface area contributed by atoms with Gasteiger partial charge in [0.1, 0.15) is 0 Å². The number of piperidine rings is 1. The second-order valence-electron chi connectivity index (χ2n) is 4.49. The smallest absolute Gasteiger partial charge is 0.191 e. The lowest BCUT2D eigenvalue weighted by Crippen LogP contribution is -2.40. The highest BCUT2D eigenvalue weighted by molar-refractivity contribution is 5.78. The van der Waals surface area contributed by atoms with E-state index < -0.39 is 0 Å². The second kappa shape index (κ2) is 5.66. The average molecular weight is 232 g/mol. The van der Waals surface area contributed by atoms with Gasteiger partial charge in [0.05, 0.1) is 12.2 Å². The molecule has 1 aliphatic heterocycles. The van der Waals surface area contributed by atoms with Gasteiger partial charge in [-0.05, 0) is 38.3 Å². The minimum Gasteiger partial charge on any atom is -0.370 e. The molecule has 0 saturated carbocycles. The fraction of sp³-hybridized carbons (Fsp3) is 0.538. The number of hydrogen-bond donors (Lipinski definition) is 1. The van der Waals surface area contributed by atoms with E-state index in [1.54, 1.807) is 0 Å². The van der Waals surface area contributed by atoms with Crippen LogP contribution in [0.1, 0.15) is 30.7 Å². The van der Waals surface area contributed by atoms with Crippen molar-refractivity contribution in [1.82, 2.24) is 9.88 Å². The number of nitrogens with two attached hydrogens (primary N) is 1. The maximum atomic E-state index is 5.98. The van der Waals surface area contributed by atoms with Crippen molar-refractivity contribution in [2.75, 3.05) is 13.1 Å². The molecule has 2 N–H and O–H groups in total. The number of pyridine rings is 1. The molecule has 0 unspecified atom stereocenters. The largest absolute Gasteiger partial charge is 0.370 e. The monoisotopic (exact) mass is 232 g/mol. The first-order valence-corrected chi connectivity index (χ1v) is 6.23. The van der Waals surface area contributed by atoms with Crippen LogP contribution in [0.25, 0.3) is 0 Å². The van der Waals surface area contributed by atoms with E-state index in [9.17, 15) is 0 Å². The fourth-order valence-corrected chi connectivity index (χ4v) is 2.07. The third kappa shape index (κ3) is 3.44. The molecule has 1 aromatic rings. The van der Waals surface area contributed by atoms with Gasteiger partial charge < -0.3 is 10.6 Å². The fourth-order valence-electron chi connectivity index (χ4n) is 2.07. The van der Waals surface area contributed by atoms with Crippen LogP contribution in [0.2, 0.25) is 0 Å². The lowest BCUT2D eigenvalue weighted by atomic mass is 10.1. The van der Waals surface area contributed by atoms with Crippen molar-refractivity contribution >= 4 is 5.96 Å². The maximum Gasteiger partial charge on any atom is 0.191 e. The molecule has 2 rings (SSSR count). The van der Waals surface area contributed by atoms with Gasteiger partial charge in [0.15, 0.2) is 5.96 Å². The Morgan fingerprint density at radius 3 is 2.82 bits per heavy atom. The van der Waals surface area contributed by atoms with Gasteiger partial charge in [-0.15, -0.1) is 0 Å². The molecule has 0 atom stereocenters. The topological polar surface area (TPSA) is 54.5 Å². The van der Waals surface area contributed by atoms with Crippen molar-refractivity contribution in [3.63, 3.8) is 0 Å². The van der Waals surface area contributed by atoms with E-state index in [1.165, 1.54) is 19.3 Å². The molecule has 0 bridgehead atoms. The molecule has 2 heterocycles. The van der Waals surface area contributed by atoms with Gasteiger partial charge in [0, 0.05) is 18.8 Å². The molecule has 4 heteroatoms. The molecular weight excluding hydrogens is 212 g/mol. The van der Waals surface area contributed by atoms with Crippen LogP contribution in [0.3, 0.4) is 0 Å².